The number of benzene rings is 1. The van der Waals surface area contributed by atoms with Crippen molar-refractivity contribution in [2.75, 3.05) is 6.54 Å². The van der Waals surface area contributed by atoms with Gasteiger partial charge in [0.2, 0.25) is 0 Å². The standard InChI is InChI=1S/C17H26ClN/c1-13-5-8-15(9-6-13)16-10-7-14(12-17(16)18)4-2-3-11-19/h7,10,12-13,15H,2-6,8-9,11,19H2,1H3. The number of halogens is 1. The van der Waals surface area contributed by atoms with Gasteiger partial charge in [0.25, 0.3) is 0 Å². The summed E-state index contributed by atoms with van der Waals surface area (Å²) in [6.45, 7) is 3.14. The summed E-state index contributed by atoms with van der Waals surface area (Å²) in [5, 5.41) is 0.977. The molecule has 2 rings (SSSR count). The van der Waals surface area contributed by atoms with E-state index in [2.05, 4.69) is 25.1 Å². The summed E-state index contributed by atoms with van der Waals surface area (Å²) in [6.07, 6.45) is 8.64. The van der Waals surface area contributed by atoms with E-state index >= 15 is 0 Å². The van der Waals surface area contributed by atoms with Crippen LogP contribution in [0.5, 0.6) is 0 Å². The van der Waals surface area contributed by atoms with Crippen LogP contribution >= 0.6 is 11.6 Å². The average Bonchev–Trinajstić information content (AvgIpc) is 2.41. The Labute approximate surface area is 122 Å². The highest BCUT2D eigenvalue weighted by molar-refractivity contribution is 6.31. The molecule has 0 radical (unpaired) electrons. The molecule has 2 N–H and O–H groups in total. The highest BCUT2D eigenvalue weighted by Crippen LogP contribution is 2.38. The zero-order valence-corrected chi connectivity index (χ0v) is 12.8. The van der Waals surface area contributed by atoms with Gasteiger partial charge < -0.3 is 5.73 Å². The maximum Gasteiger partial charge on any atom is 0.0443 e. The van der Waals surface area contributed by atoms with Gasteiger partial charge in [-0.3, -0.25) is 0 Å². The zero-order valence-electron chi connectivity index (χ0n) is 12.0. The van der Waals surface area contributed by atoms with Crippen LogP contribution < -0.4 is 5.73 Å². The number of hydrogen-bond donors (Lipinski definition) is 1. The first kappa shape index (κ1) is 14.9. The van der Waals surface area contributed by atoms with Gasteiger partial charge in [0.1, 0.15) is 0 Å². The van der Waals surface area contributed by atoms with E-state index in [1.807, 2.05) is 0 Å². The van der Waals surface area contributed by atoms with Gasteiger partial charge in [-0.1, -0.05) is 43.5 Å². The van der Waals surface area contributed by atoms with Gasteiger partial charge in [0.15, 0.2) is 0 Å². The largest absolute Gasteiger partial charge is 0.330 e. The van der Waals surface area contributed by atoms with Gasteiger partial charge in [0.05, 0.1) is 0 Å². The molecule has 0 bridgehead atoms. The molecule has 0 amide bonds. The van der Waals surface area contributed by atoms with Crippen molar-refractivity contribution in [2.24, 2.45) is 11.7 Å². The predicted octanol–water partition coefficient (Wildman–Crippen LogP) is 4.92. The van der Waals surface area contributed by atoms with Crippen LogP contribution in [0.3, 0.4) is 0 Å². The SMILES string of the molecule is CC1CCC(c2ccc(CCCCN)cc2Cl)CC1. The van der Waals surface area contributed by atoms with E-state index in [9.17, 15) is 0 Å². The highest BCUT2D eigenvalue weighted by atomic mass is 35.5. The maximum atomic E-state index is 6.49. The second-order valence-corrected chi connectivity index (χ2v) is 6.47. The van der Waals surface area contributed by atoms with Crippen LogP contribution in [0.4, 0.5) is 0 Å². The first-order valence-electron chi connectivity index (χ1n) is 7.69. The summed E-state index contributed by atoms with van der Waals surface area (Å²) in [7, 11) is 0. The molecule has 0 unspecified atom stereocenters. The molecule has 1 nitrogen and oxygen atoms in total. The van der Waals surface area contributed by atoms with E-state index in [4.69, 9.17) is 17.3 Å². The van der Waals surface area contributed by atoms with Crippen LogP contribution in [0.25, 0.3) is 0 Å². The Hall–Kier alpha value is -0.530. The van der Waals surface area contributed by atoms with Gasteiger partial charge in [-0.05, 0) is 67.7 Å². The molecule has 1 aliphatic rings. The fourth-order valence-corrected chi connectivity index (χ4v) is 3.46. The fraction of sp³-hybridized carbons (Fsp3) is 0.647. The first-order valence-corrected chi connectivity index (χ1v) is 8.07. The number of unbranched alkanes of at least 4 members (excludes halogenated alkanes) is 1. The molecule has 1 saturated carbocycles. The third-order valence-electron chi connectivity index (χ3n) is 4.44. The molecule has 1 aliphatic carbocycles. The van der Waals surface area contributed by atoms with Gasteiger partial charge in [-0.25, -0.2) is 0 Å². The summed E-state index contributed by atoms with van der Waals surface area (Å²) in [4.78, 5) is 0. The van der Waals surface area contributed by atoms with Gasteiger partial charge in [-0.15, -0.1) is 0 Å². The lowest BCUT2D eigenvalue weighted by molar-refractivity contribution is 0.348. The van der Waals surface area contributed by atoms with Gasteiger partial charge >= 0.3 is 0 Å². The maximum absolute atomic E-state index is 6.49. The molecule has 0 spiro atoms. The second kappa shape index (κ2) is 7.31. The monoisotopic (exact) mass is 279 g/mol. The van der Waals surface area contributed by atoms with Gasteiger partial charge in [-0.2, -0.15) is 0 Å². The Morgan fingerprint density at radius 3 is 2.53 bits per heavy atom. The minimum atomic E-state index is 0.682. The number of nitrogens with two attached hydrogens (primary N) is 1. The molecule has 0 aliphatic heterocycles. The summed E-state index contributed by atoms with van der Waals surface area (Å²) < 4.78 is 0. The van der Waals surface area contributed by atoms with Crippen LogP contribution in [0.2, 0.25) is 5.02 Å². The lowest BCUT2D eigenvalue weighted by Gasteiger charge is -2.27. The zero-order chi connectivity index (χ0) is 13.7. The number of aryl methyl sites for hydroxylation is 1. The summed E-state index contributed by atoms with van der Waals surface area (Å²) >= 11 is 6.49. The molecule has 106 valence electrons. The van der Waals surface area contributed by atoms with E-state index in [-0.39, 0.29) is 0 Å². The molecular formula is C17H26ClN. The van der Waals surface area contributed by atoms with E-state index in [1.54, 1.807) is 0 Å². The minimum absolute atomic E-state index is 0.682. The second-order valence-electron chi connectivity index (χ2n) is 6.06. The molecule has 0 saturated heterocycles. The molecule has 1 fully saturated rings. The molecular weight excluding hydrogens is 254 g/mol. The average molecular weight is 280 g/mol. The van der Waals surface area contributed by atoms with Crippen molar-refractivity contribution >= 4 is 11.6 Å². The lowest BCUT2D eigenvalue weighted by atomic mass is 9.79. The molecule has 0 heterocycles. The van der Waals surface area contributed by atoms with Crippen molar-refractivity contribution in [3.63, 3.8) is 0 Å². The summed E-state index contributed by atoms with van der Waals surface area (Å²) in [5.74, 6) is 1.58. The molecule has 0 atom stereocenters. The molecule has 1 aromatic carbocycles. The quantitative estimate of drug-likeness (QED) is 0.761. The topological polar surface area (TPSA) is 26.0 Å². The molecule has 0 aromatic heterocycles. The van der Waals surface area contributed by atoms with E-state index in [0.717, 1.165) is 36.7 Å². The van der Waals surface area contributed by atoms with E-state index < -0.39 is 0 Å². The fourth-order valence-electron chi connectivity index (χ4n) is 3.10. The summed E-state index contributed by atoms with van der Waals surface area (Å²) in [5.41, 5.74) is 8.25. The normalized spacial score (nSPS) is 23.5. The minimum Gasteiger partial charge on any atom is -0.330 e. The molecule has 2 heteroatoms. The Morgan fingerprint density at radius 1 is 1.16 bits per heavy atom. The third-order valence-corrected chi connectivity index (χ3v) is 4.77. The van der Waals surface area contributed by atoms with E-state index in [1.165, 1.54) is 36.8 Å². The van der Waals surface area contributed by atoms with Crippen LogP contribution in [0.1, 0.15) is 62.5 Å². The van der Waals surface area contributed by atoms with Crippen LogP contribution in [-0.4, -0.2) is 6.54 Å². The van der Waals surface area contributed by atoms with Crippen molar-refractivity contribution in [3.8, 4) is 0 Å². The Kier molecular flexibility index (Phi) is 5.72. The number of rotatable bonds is 5. The van der Waals surface area contributed by atoms with Crippen molar-refractivity contribution in [1.29, 1.82) is 0 Å². The molecule has 1 aromatic rings. The van der Waals surface area contributed by atoms with Crippen LogP contribution in [0, 0.1) is 5.92 Å². The van der Waals surface area contributed by atoms with Crippen molar-refractivity contribution in [2.45, 2.75) is 57.8 Å². The van der Waals surface area contributed by atoms with Crippen molar-refractivity contribution in [3.05, 3.63) is 34.3 Å². The Balaban J connectivity index is 1.98. The third kappa shape index (κ3) is 4.22. The van der Waals surface area contributed by atoms with Crippen LogP contribution in [-0.2, 0) is 6.42 Å². The molecule has 19 heavy (non-hydrogen) atoms. The highest BCUT2D eigenvalue weighted by Gasteiger charge is 2.21. The van der Waals surface area contributed by atoms with Gasteiger partial charge in [0, 0.05) is 5.02 Å². The summed E-state index contributed by atoms with van der Waals surface area (Å²) in [6, 6.07) is 6.70. The van der Waals surface area contributed by atoms with E-state index in [0.29, 0.717) is 5.92 Å². The lowest BCUT2D eigenvalue weighted by Crippen LogP contribution is -2.11. The Morgan fingerprint density at radius 2 is 1.89 bits per heavy atom. The van der Waals surface area contributed by atoms with Crippen molar-refractivity contribution in [1.82, 2.24) is 0 Å². The number of hydrogen-bond acceptors (Lipinski definition) is 1. The first-order chi connectivity index (χ1) is 9.20. The van der Waals surface area contributed by atoms with Crippen LogP contribution in [0.15, 0.2) is 18.2 Å². The predicted molar refractivity (Wildman–Crippen MR) is 83.8 cm³/mol. The Bertz CT molecular complexity index is 394. The smallest absolute Gasteiger partial charge is 0.0443 e. The van der Waals surface area contributed by atoms with Crippen molar-refractivity contribution < 1.29 is 0 Å².